The maximum Gasteiger partial charge on any atom is 0.249 e. The van der Waals surface area contributed by atoms with E-state index in [0.717, 1.165) is 32.1 Å². The van der Waals surface area contributed by atoms with Crippen molar-refractivity contribution >= 4 is 5.91 Å². The number of rotatable bonds is 26. The topological polar surface area (TPSA) is 89.8 Å². The molecule has 1 amide bonds. The summed E-state index contributed by atoms with van der Waals surface area (Å²) in [4.78, 5) is 12.3. The van der Waals surface area contributed by atoms with E-state index in [9.17, 15) is 20.1 Å². The van der Waals surface area contributed by atoms with Crippen LogP contribution in [0.25, 0.3) is 0 Å². The lowest BCUT2D eigenvalue weighted by molar-refractivity contribution is -0.131. The van der Waals surface area contributed by atoms with E-state index in [4.69, 9.17) is 0 Å². The van der Waals surface area contributed by atoms with Gasteiger partial charge in [-0.25, -0.2) is 0 Å². The lowest BCUT2D eigenvalue weighted by Gasteiger charge is -2.21. The average Bonchev–Trinajstić information content (AvgIpc) is 2.86. The molecule has 208 valence electrons. The van der Waals surface area contributed by atoms with Crippen molar-refractivity contribution in [1.82, 2.24) is 5.32 Å². The van der Waals surface area contributed by atoms with E-state index < -0.39 is 24.2 Å². The average molecular weight is 498 g/mol. The minimum atomic E-state index is -1.09. The van der Waals surface area contributed by atoms with E-state index in [1.165, 1.54) is 96.3 Å². The molecule has 0 fully saturated rings. The molecule has 3 unspecified atom stereocenters. The summed E-state index contributed by atoms with van der Waals surface area (Å²) in [5, 5.41) is 32.6. The molecule has 0 aromatic rings. The van der Waals surface area contributed by atoms with Crippen LogP contribution in [0.15, 0.2) is 12.2 Å². The Bertz CT molecular complexity index is 483. The zero-order chi connectivity index (χ0) is 26.0. The highest BCUT2D eigenvalue weighted by Gasteiger charge is 2.22. The third kappa shape index (κ3) is 22.0. The number of aliphatic hydroxyl groups excluding tert-OH is 3. The molecule has 0 aliphatic rings. The minimum absolute atomic E-state index is 0.361. The fraction of sp³-hybridized carbons (Fsp3) is 0.900. The van der Waals surface area contributed by atoms with Gasteiger partial charge < -0.3 is 20.6 Å². The quantitative estimate of drug-likeness (QED) is 0.0767. The standard InChI is InChI=1S/C30H59NO4/c1-3-5-7-9-11-13-15-17-18-20-22-24-28(33)27(26-32)31-30(35)29(34)25-23-21-19-16-14-12-10-8-6-4-2/h22,24,27-29,32-34H,3-21,23,25-26H2,1-2H3,(H,31,35)/b24-22+. The van der Waals surface area contributed by atoms with Gasteiger partial charge in [0.05, 0.1) is 18.8 Å². The second-order valence-corrected chi connectivity index (χ2v) is 10.3. The normalized spacial score (nSPS) is 14.3. The highest BCUT2D eigenvalue weighted by atomic mass is 16.3. The number of allylic oxidation sites excluding steroid dienone is 1. The van der Waals surface area contributed by atoms with Gasteiger partial charge in [-0.1, -0.05) is 142 Å². The van der Waals surface area contributed by atoms with Crippen molar-refractivity contribution in [2.45, 2.75) is 167 Å². The molecule has 5 nitrogen and oxygen atoms in total. The van der Waals surface area contributed by atoms with E-state index in [0.29, 0.717) is 6.42 Å². The molecule has 0 aromatic carbocycles. The molecule has 35 heavy (non-hydrogen) atoms. The molecule has 0 aliphatic carbocycles. The predicted octanol–water partition coefficient (Wildman–Crippen LogP) is 6.97. The fourth-order valence-corrected chi connectivity index (χ4v) is 4.42. The molecule has 3 atom stereocenters. The van der Waals surface area contributed by atoms with Crippen LogP contribution in [0, 0.1) is 0 Å². The van der Waals surface area contributed by atoms with Gasteiger partial charge in [0, 0.05) is 0 Å². The summed E-state index contributed by atoms with van der Waals surface area (Å²) < 4.78 is 0. The summed E-state index contributed by atoms with van der Waals surface area (Å²) in [7, 11) is 0. The van der Waals surface area contributed by atoms with Gasteiger partial charge in [-0.3, -0.25) is 4.79 Å². The largest absolute Gasteiger partial charge is 0.394 e. The number of unbranched alkanes of at least 4 members (excludes halogenated alkanes) is 18. The molecule has 0 rings (SSSR count). The van der Waals surface area contributed by atoms with E-state index in [1.54, 1.807) is 6.08 Å². The van der Waals surface area contributed by atoms with Gasteiger partial charge in [-0.2, -0.15) is 0 Å². The number of carbonyl (C=O) groups is 1. The third-order valence-electron chi connectivity index (χ3n) is 6.88. The zero-order valence-electron chi connectivity index (χ0n) is 23.2. The van der Waals surface area contributed by atoms with Gasteiger partial charge in [-0.05, 0) is 19.3 Å². The van der Waals surface area contributed by atoms with Crippen LogP contribution in [0.4, 0.5) is 0 Å². The van der Waals surface area contributed by atoms with Gasteiger partial charge in [0.2, 0.25) is 5.91 Å². The van der Waals surface area contributed by atoms with Crippen LogP contribution in [0.1, 0.15) is 149 Å². The second-order valence-electron chi connectivity index (χ2n) is 10.3. The molecule has 0 heterocycles. The first-order chi connectivity index (χ1) is 17.1. The number of carbonyl (C=O) groups excluding carboxylic acids is 1. The van der Waals surface area contributed by atoms with Crippen LogP contribution in [-0.4, -0.2) is 46.1 Å². The van der Waals surface area contributed by atoms with E-state index in [1.807, 2.05) is 6.08 Å². The Morgan fingerprint density at radius 2 is 1.11 bits per heavy atom. The Morgan fingerprint density at radius 3 is 1.57 bits per heavy atom. The Morgan fingerprint density at radius 1 is 0.686 bits per heavy atom. The monoisotopic (exact) mass is 497 g/mol. The Hall–Kier alpha value is -0.910. The van der Waals surface area contributed by atoms with Crippen molar-refractivity contribution in [1.29, 1.82) is 0 Å². The number of amides is 1. The summed E-state index contributed by atoms with van der Waals surface area (Å²) in [6.45, 7) is 4.11. The van der Waals surface area contributed by atoms with Crippen molar-refractivity contribution < 1.29 is 20.1 Å². The molecule has 0 saturated heterocycles. The molecule has 0 bridgehead atoms. The third-order valence-corrected chi connectivity index (χ3v) is 6.88. The van der Waals surface area contributed by atoms with Gasteiger partial charge >= 0.3 is 0 Å². The Kier molecular flexibility index (Phi) is 25.5. The summed E-state index contributed by atoms with van der Waals surface area (Å²) in [5.74, 6) is -0.508. The van der Waals surface area contributed by atoms with Gasteiger partial charge in [0.25, 0.3) is 0 Å². The van der Waals surface area contributed by atoms with Crippen molar-refractivity contribution in [2.24, 2.45) is 0 Å². The molecule has 0 radical (unpaired) electrons. The smallest absolute Gasteiger partial charge is 0.249 e. The molecule has 4 N–H and O–H groups in total. The summed E-state index contributed by atoms with van der Waals surface area (Å²) in [6, 6.07) is -0.788. The Balaban J connectivity index is 3.85. The van der Waals surface area contributed by atoms with Gasteiger partial charge in [0.1, 0.15) is 6.10 Å². The maximum absolute atomic E-state index is 12.3. The van der Waals surface area contributed by atoms with E-state index in [2.05, 4.69) is 19.2 Å². The first-order valence-corrected chi connectivity index (χ1v) is 15.0. The summed E-state index contributed by atoms with van der Waals surface area (Å²) in [5.41, 5.74) is 0. The fourth-order valence-electron chi connectivity index (χ4n) is 4.42. The van der Waals surface area contributed by atoms with Crippen molar-refractivity contribution in [2.75, 3.05) is 6.61 Å². The molecule has 0 aromatic heterocycles. The highest BCUT2D eigenvalue weighted by molar-refractivity contribution is 5.80. The van der Waals surface area contributed by atoms with E-state index in [-0.39, 0.29) is 6.61 Å². The molecular weight excluding hydrogens is 438 g/mol. The van der Waals surface area contributed by atoms with Gasteiger partial charge in [0.15, 0.2) is 0 Å². The van der Waals surface area contributed by atoms with Crippen molar-refractivity contribution in [3.63, 3.8) is 0 Å². The van der Waals surface area contributed by atoms with Crippen LogP contribution in [0.2, 0.25) is 0 Å². The van der Waals surface area contributed by atoms with Crippen molar-refractivity contribution in [3.8, 4) is 0 Å². The molecule has 5 heteroatoms. The molecule has 0 spiro atoms. The van der Waals surface area contributed by atoms with Crippen LogP contribution in [0.5, 0.6) is 0 Å². The van der Waals surface area contributed by atoms with Crippen LogP contribution in [0.3, 0.4) is 0 Å². The van der Waals surface area contributed by atoms with Crippen LogP contribution < -0.4 is 5.32 Å². The lowest BCUT2D eigenvalue weighted by Crippen LogP contribution is -2.48. The summed E-state index contributed by atoms with van der Waals surface area (Å²) in [6.07, 6.45) is 26.5. The molecule has 0 aliphatic heterocycles. The second kappa shape index (κ2) is 26.2. The van der Waals surface area contributed by atoms with Crippen molar-refractivity contribution in [3.05, 3.63) is 12.2 Å². The first kappa shape index (κ1) is 34.1. The SMILES string of the molecule is CCCCCCCCCCC/C=C/C(O)C(CO)NC(=O)C(O)CCCCCCCCCCCC. The Labute approximate surface area is 217 Å². The van der Waals surface area contributed by atoms with Crippen LogP contribution >= 0.6 is 0 Å². The zero-order valence-corrected chi connectivity index (χ0v) is 23.2. The number of nitrogens with one attached hydrogen (secondary N) is 1. The molecule has 0 saturated carbocycles. The molecular formula is C30H59NO4. The summed E-state index contributed by atoms with van der Waals surface area (Å²) >= 11 is 0. The maximum atomic E-state index is 12.3. The highest BCUT2D eigenvalue weighted by Crippen LogP contribution is 2.13. The van der Waals surface area contributed by atoms with E-state index >= 15 is 0 Å². The minimum Gasteiger partial charge on any atom is -0.394 e. The number of hydrogen-bond acceptors (Lipinski definition) is 4. The van der Waals surface area contributed by atoms with Gasteiger partial charge in [-0.15, -0.1) is 0 Å². The first-order valence-electron chi connectivity index (χ1n) is 15.0. The number of aliphatic hydroxyl groups is 3. The lowest BCUT2D eigenvalue weighted by atomic mass is 10.0. The van der Waals surface area contributed by atoms with Crippen LogP contribution in [-0.2, 0) is 4.79 Å². The predicted molar refractivity (Wildman–Crippen MR) is 148 cm³/mol. The number of hydrogen-bond donors (Lipinski definition) is 4.